The Balaban J connectivity index is 2.89. The molecule has 0 saturated heterocycles. The lowest BCUT2D eigenvalue weighted by Gasteiger charge is -2.08. The highest BCUT2D eigenvalue weighted by atomic mass is 32.2. The Bertz CT molecular complexity index is 317. The van der Waals surface area contributed by atoms with E-state index < -0.39 is 11.9 Å². The maximum atomic E-state index is 11.6. The molecule has 0 unspecified atom stereocenters. The smallest absolute Gasteiger partial charge is 0.347 e. The summed E-state index contributed by atoms with van der Waals surface area (Å²) in [5.41, 5.74) is -0.0105. The minimum absolute atomic E-state index is 0.0105. The molecule has 0 spiro atoms. The van der Waals surface area contributed by atoms with Gasteiger partial charge in [-0.15, -0.1) is 0 Å². The summed E-state index contributed by atoms with van der Waals surface area (Å²) in [5, 5.41) is 3.61. The minimum atomic E-state index is -0.625. The van der Waals surface area contributed by atoms with Gasteiger partial charge in [0.15, 0.2) is 5.57 Å². The van der Waals surface area contributed by atoms with Crippen molar-refractivity contribution in [3.8, 4) is 0 Å². The van der Waals surface area contributed by atoms with E-state index in [-0.39, 0.29) is 18.8 Å². The molecule has 16 heavy (non-hydrogen) atoms. The summed E-state index contributed by atoms with van der Waals surface area (Å²) < 4.78 is 10.3. The van der Waals surface area contributed by atoms with Crippen LogP contribution in [-0.2, 0) is 19.1 Å². The summed E-state index contributed by atoms with van der Waals surface area (Å²) in [6.07, 6.45) is 0. The summed E-state index contributed by atoms with van der Waals surface area (Å²) in [4.78, 5) is 23.2. The lowest BCUT2D eigenvalue weighted by Crippen LogP contribution is -2.19. The fourth-order valence-corrected chi connectivity index (χ4v) is 2.80. The van der Waals surface area contributed by atoms with E-state index in [0.717, 1.165) is 0 Å². The zero-order valence-corrected chi connectivity index (χ0v) is 10.7. The van der Waals surface area contributed by atoms with E-state index in [0.29, 0.717) is 4.24 Å². The van der Waals surface area contributed by atoms with Crippen molar-refractivity contribution in [2.45, 2.75) is 13.8 Å². The lowest BCUT2D eigenvalue weighted by molar-refractivity contribution is -0.146. The van der Waals surface area contributed by atoms with Crippen LogP contribution in [0.5, 0.6) is 0 Å². The Morgan fingerprint density at radius 3 is 1.88 bits per heavy atom. The normalized spacial score (nSPS) is 13.8. The van der Waals surface area contributed by atoms with Crippen LogP contribution in [0.2, 0.25) is 0 Å². The van der Waals surface area contributed by atoms with Crippen LogP contribution in [0.3, 0.4) is 0 Å². The van der Waals surface area contributed by atoms with E-state index in [2.05, 4.69) is 0 Å². The molecule has 0 aromatic rings. The first-order valence-corrected chi connectivity index (χ1v) is 6.53. The SMILES string of the molecule is CCOC(=O)C(C(=O)OCC)=C1SC=CS1. The molecule has 1 aliphatic rings. The Labute approximate surface area is 102 Å². The van der Waals surface area contributed by atoms with Crippen molar-refractivity contribution in [1.82, 2.24) is 0 Å². The molecule has 0 fully saturated rings. The monoisotopic (exact) mass is 260 g/mol. The Morgan fingerprint density at radius 1 is 1.06 bits per heavy atom. The molecule has 6 heteroatoms. The number of esters is 2. The molecule has 88 valence electrons. The van der Waals surface area contributed by atoms with E-state index in [4.69, 9.17) is 9.47 Å². The van der Waals surface area contributed by atoms with Crippen LogP contribution < -0.4 is 0 Å². The second-order valence-corrected chi connectivity index (χ2v) is 4.70. The topological polar surface area (TPSA) is 52.6 Å². The molecular formula is C10H12O4S2. The number of thioether (sulfide) groups is 2. The van der Waals surface area contributed by atoms with E-state index >= 15 is 0 Å². The molecule has 0 aliphatic carbocycles. The highest BCUT2D eigenvalue weighted by molar-refractivity contribution is 8.27. The number of carbonyl (C=O) groups is 2. The first kappa shape index (κ1) is 13.2. The molecule has 0 saturated carbocycles. The Morgan fingerprint density at radius 2 is 1.50 bits per heavy atom. The molecule has 1 aliphatic heterocycles. The van der Waals surface area contributed by atoms with Gasteiger partial charge in [-0.05, 0) is 24.7 Å². The molecule has 0 amide bonds. The molecule has 0 bridgehead atoms. The standard InChI is InChI=1S/C10H12O4S2/c1-3-13-8(11)7(9(12)14-4-2)10-15-5-6-16-10/h5-6H,3-4H2,1-2H3. The van der Waals surface area contributed by atoms with Crippen molar-refractivity contribution in [2.75, 3.05) is 13.2 Å². The largest absolute Gasteiger partial charge is 0.462 e. The van der Waals surface area contributed by atoms with Gasteiger partial charge in [0, 0.05) is 0 Å². The van der Waals surface area contributed by atoms with Gasteiger partial charge in [0.2, 0.25) is 0 Å². The van der Waals surface area contributed by atoms with Crippen LogP contribution in [0.15, 0.2) is 20.6 Å². The minimum Gasteiger partial charge on any atom is -0.462 e. The molecular weight excluding hydrogens is 248 g/mol. The quantitative estimate of drug-likeness (QED) is 0.334. The van der Waals surface area contributed by atoms with Crippen LogP contribution in [-0.4, -0.2) is 25.2 Å². The highest BCUT2D eigenvalue weighted by Gasteiger charge is 2.27. The molecule has 0 atom stereocenters. The summed E-state index contributed by atoms with van der Waals surface area (Å²) in [6.45, 7) is 3.85. The zero-order chi connectivity index (χ0) is 12.0. The van der Waals surface area contributed by atoms with Crippen molar-refractivity contribution in [3.63, 3.8) is 0 Å². The second kappa shape index (κ2) is 6.65. The van der Waals surface area contributed by atoms with Gasteiger partial charge in [-0.3, -0.25) is 0 Å². The molecule has 1 rings (SSSR count). The van der Waals surface area contributed by atoms with Crippen molar-refractivity contribution >= 4 is 35.5 Å². The van der Waals surface area contributed by atoms with Crippen LogP contribution >= 0.6 is 23.5 Å². The van der Waals surface area contributed by atoms with Crippen molar-refractivity contribution in [2.24, 2.45) is 0 Å². The van der Waals surface area contributed by atoms with Gasteiger partial charge in [-0.25, -0.2) is 9.59 Å². The molecule has 0 N–H and O–H groups in total. The fraction of sp³-hybridized carbons (Fsp3) is 0.400. The van der Waals surface area contributed by atoms with E-state index in [9.17, 15) is 9.59 Å². The fourth-order valence-electron chi connectivity index (χ4n) is 0.981. The van der Waals surface area contributed by atoms with Gasteiger partial charge in [0.25, 0.3) is 0 Å². The van der Waals surface area contributed by atoms with E-state index in [1.165, 1.54) is 23.5 Å². The number of hydrogen-bond donors (Lipinski definition) is 0. The molecule has 0 aromatic carbocycles. The summed E-state index contributed by atoms with van der Waals surface area (Å²) in [5.74, 6) is -1.25. The number of ether oxygens (including phenoxy) is 2. The summed E-state index contributed by atoms with van der Waals surface area (Å²) >= 11 is 2.64. The molecule has 1 heterocycles. The summed E-state index contributed by atoms with van der Waals surface area (Å²) in [6, 6.07) is 0. The molecule has 0 aromatic heterocycles. The number of hydrogen-bond acceptors (Lipinski definition) is 6. The highest BCUT2D eigenvalue weighted by Crippen LogP contribution is 2.40. The van der Waals surface area contributed by atoms with Crippen LogP contribution in [0.25, 0.3) is 0 Å². The van der Waals surface area contributed by atoms with Crippen LogP contribution in [0, 0.1) is 0 Å². The predicted molar refractivity (Wildman–Crippen MR) is 64.6 cm³/mol. The number of carbonyl (C=O) groups excluding carboxylic acids is 2. The maximum Gasteiger partial charge on any atom is 0.347 e. The second-order valence-electron chi connectivity index (χ2n) is 2.61. The lowest BCUT2D eigenvalue weighted by atomic mass is 10.3. The predicted octanol–water partition coefficient (Wildman–Crippen LogP) is 2.28. The van der Waals surface area contributed by atoms with Crippen LogP contribution in [0.4, 0.5) is 0 Å². The van der Waals surface area contributed by atoms with Gasteiger partial charge in [-0.1, -0.05) is 23.5 Å². The third kappa shape index (κ3) is 3.31. The third-order valence-corrected chi connectivity index (χ3v) is 3.70. The van der Waals surface area contributed by atoms with Crippen molar-refractivity contribution in [3.05, 3.63) is 20.6 Å². The van der Waals surface area contributed by atoms with Crippen molar-refractivity contribution in [1.29, 1.82) is 0 Å². The first-order chi connectivity index (χ1) is 7.70. The zero-order valence-electron chi connectivity index (χ0n) is 9.02. The Hall–Kier alpha value is -0.880. The van der Waals surface area contributed by atoms with Gasteiger partial charge in [0.05, 0.1) is 17.5 Å². The van der Waals surface area contributed by atoms with Crippen LogP contribution in [0.1, 0.15) is 13.8 Å². The average molecular weight is 260 g/mol. The van der Waals surface area contributed by atoms with Crippen molar-refractivity contribution < 1.29 is 19.1 Å². The van der Waals surface area contributed by atoms with Gasteiger partial charge in [-0.2, -0.15) is 0 Å². The Kier molecular flexibility index (Phi) is 5.48. The molecule has 4 nitrogen and oxygen atoms in total. The summed E-state index contributed by atoms with van der Waals surface area (Å²) in [7, 11) is 0. The van der Waals surface area contributed by atoms with Gasteiger partial charge in [0.1, 0.15) is 0 Å². The average Bonchev–Trinajstić information content (AvgIpc) is 2.72. The first-order valence-electron chi connectivity index (χ1n) is 4.77. The van der Waals surface area contributed by atoms with Gasteiger partial charge < -0.3 is 9.47 Å². The van der Waals surface area contributed by atoms with E-state index in [1.54, 1.807) is 24.7 Å². The number of rotatable bonds is 4. The third-order valence-electron chi connectivity index (χ3n) is 1.57. The van der Waals surface area contributed by atoms with E-state index in [1.807, 2.05) is 0 Å². The van der Waals surface area contributed by atoms with Gasteiger partial charge >= 0.3 is 11.9 Å². The maximum absolute atomic E-state index is 11.6. The molecule has 0 radical (unpaired) electrons.